The van der Waals surface area contributed by atoms with Gasteiger partial charge in [0.15, 0.2) is 0 Å². The van der Waals surface area contributed by atoms with Gasteiger partial charge in [0.1, 0.15) is 11.6 Å². The molecule has 0 saturated carbocycles. The number of benzene rings is 1. The zero-order valence-electron chi connectivity index (χ0n) is 17.5. The molecular weight excluding hydrogens is 373 g/mol. The topological polar surface area (TPSA) is 61.9 Å². The van der Waals surface area contributed by atoms with Gasteiger partial charge in [-0.2, -0.15) is 0 Å². The number of ether oxygens (including phenoxy) is 1. The van der Waals surface area contributed by atoms with Crippen molar-refractivity contribution in [3.05, 3.63) is 29.6 Å². The minimum atomic E-state index is -0.563. The molecule has 1 atom stereocenters. The Morgan fingerprint density at radius 2 is 2.03 bits per heavy atom. The van der Waals surface area contributed by atoms with Crippen LogP contribution in [0.4, 0.5) is 4.39 Å². The van der Waals surface area contributed by atoms with Gasteiger partial charge in [0, 0.05) is 50.6 Å². The molecule has 1 aromatic rings. The SMILES string of the molecule is CCCN1CCN(C(=O)CC[C@]2(Cc3ccc(OC)cc3F)CCC(=O)N2)CC1. The molecule has 2 heterocycles. The van der Waals surface area contributed by atoms with Crippen molar-refractivity contribution in [3.63, 3.8) is 0 Å². The minimum absolute atomic E-state index is 0.0282. The first-order chi connectivity index (χ1) is 13.9. The number of carbonyl (C=O) groups excluding carboxylic acids is 2. The molecular formula is C22H32FN3O3. The Balaban J connectivity index is 1.61. The maximum Gasteiger partial charge on any atom is 0.222 e. The summed E-state index contributed by atoms with van der Waals surface area (Å²) < 4.78 is 19.5. The zero-order valence-corrected chi connectivity index (χ0v) is 17.5. The van der Waals surface area contributed by atoms with Crippen LogP contribution in [-0.2, 0) is 16.0 Å². The predicted molar refractivity (Wildman–Crippen MR) is 109 cm³/mol. The summed E-state index contributed by atoms with van der Waals surface area (Å²) in [5, 5.41) is 3.04. The minimum Gasteiger partial charge on any atom is -0.497 e. The van der Waals surface area contributed by atoms with E-state index >= 15 is 0 Å². The lowest BCUT2D eigenvalue weighted by Gasteiger charge is -2.36. The highest BCUT2D eigenvalue weighted by atomic mass is 19.1. The molecule has 0 unspecified atom stereocenters. The number of nitrogens with zero attached hydrogens (tertiary/aromatic N) is 2. The Morgan fingerprint density at radius 1 is 1.28 bits per heavy atom. The van der Waals surface area contributed by atoms with Gasteiger partial charge in [0.25, 0.3) is 0 Å². The molecule has 29 heavy (non-hydrogen) atoms. The number of piperazine rings is 1. The van der Waals surface area contributed by atoms with Crippen molar-refractivity contribution in [2.75, 3.05) is 39.8 Å². The number of nitrogens with one attached hydrogen (secondary N) is 1. The summed E-state index contributed by atoms with van der Waals surface area (Å²) in [5.74, 6) is 0.216. The first-order valence-corrected chi connectivity index (χ1v) is 10.6. The molecule has 1 aromatic carbocycles. The van der Waals surface area contributed by atoms with E-state index in [0.29, 0.717) is 43.4 Å². The summed E-state index contributed by atoms with van der Waals surface area (Å²) in [6.45, 7) is 6.58. The summed E-state index contributed by atoms with van der Waals surface area (Å²) in [6.07, 6.45) is 3.44. The average Bonchev–Trinajstić information content (AvgIpc) is 3.09. The second-order valence-corrected chi connectivity index (χ2v) is 8.19. The molecule has 2 aliphatic heterocycles. The number of hydrogen-bond donors (Lipinski definition) is 1. The van der Waals surface area contributed by atoms with E-state index in [1.165, 1.54) is 13.2 Å². The van der Waals surface area contributed by atoms with E-state index in [4.69, 9.17) is 4.74 Å². The van der Waals surface area contributed by atoms with Crippen LogP contribution in [0, 0.1) is 5.82 Å². The second-order valence-electron chi connectivity index (χ2n) is 8.19. The normalized spacial score (nSPS) is 22.6. The first kappa shape index (κ1) is 21.6. The Kier molecular flexibility index (Phi) is 7.11. The number of halogens is 1. The average molecular weight is 406 g/mol. The third-order valence-electron chi connectivity index (χ3n) is 6.11. The highest BCUT2D eigenvalue weighted by molar-refractivity contribution is 5.80. The van der Waals surface area contributed by atoms with Gasteiger partial charge >= 0.3 is 0 Å². The molecule has 2 amide bonds. The molecule has 6 nitrogen and oxygen atoms in total. The third-order valence-corrected chi connectivity index (χ3v) is 6.11. The smallest absolute Gasteiger partial charge is 0.222 e. The Labute approximate surface area is 172 Å². The van der Waals surface area contributed by atoms with E-state index in [9.17, 15) is 14.0 Å². The quantitative estimate of drug-likeness (QED) is 0.721. The Hall–Kier alpha value is -2.15. The zero-order chi connectivity index (χ0) is 20.9. The Morgan fingerprint density at radius 3 is 2.62 bits per heavy atom. The lowest BCUT2D eigenvalue weighted by atomic mass is 9.84. The molecule has 0 radical (unpaired) electrons. The molecule has 3 rings (SSSR count). The highest BCUT2D eigenvalue weighted by Crippen LogP contribution is 2.31. The van der Waals surface area contributed by atoms with Crippen molar-refractivity contribution in [1.29, 1.82) is 0 Å². The lowest BCUT2D eigenvalue weighted by Crippen LogP contribution is -2.50. The van der Waals surface area contributed by atoms with Crippen LogP contribution < -0.4 is 10.1 Å². The summed E-state index contributed by atoms with van der Waals surface area (Å²) in [7, 11) is 1.50. The van der Waals surface area contributed by atoms with Crippen molar-refractivity contribution in [3.8, 4) is 5.75 Å². The summed E-state index contributed by atoms with van der Waals surface area (Å²) in [4.78, 5) is 29.0. The number of hydrogen-bond acceptors (Lipinski definition) is 4. The number of rotatable bonds is 8. The molecule has 7 heteroatoms. The standard InChI is InChI=1S/C22H32FN3O3/c1-3-10-25-11-13-26(14-12-25)21(28)7-9-22(8-6-20(27)24-22)16-17-4-5-18(29-2)15-19(17)23/h4-5,15H,3,6-14,16H2,1-2H3,(H,24,27)/t22-/m0/s1. The summed E-state index contributed by atoms with van der Waals surface area (Å²) >= 11 is 0. The van der Waals surface area contributed by atoms with Gasteiger partial charge in [0.2, 0.25) is 11.8 Å². The van der Waals surface area contributed by atoms with Crippen LogP contribution in [0.5, 0.6) is 5.75 Å². The first-order valence-electron chi connectivity index (χ1n) is 10.6. The molecule has 0 aliphatic carbocycles. The van der Waals surface area contributed by atoms with Gasteiger partial charge in [-0.3, -0.25) is 14.5 Å². The molecule has 1 N–H and O–H groups in total. The maximum absolute atomic E-state index is 14.5. The van der Waals surface area contributed by atoms with E-state index in [1.54, 1.807) is 12.1 Å². The summed E-state index contributed by atoms with van der Waals surface area (Å²) in [5.41, 5.74) is -0.0275. The fraction of sp³-hybridized carbons (Fsp3) is 0.636. The highest BCUT2D eigenvalue weighted by Gasteiger charge is 2.39. The van der Waals surface area contributed by atoms with Crippen LogP contribution >= 0.6 is 0 Å². The van der Waals surface area contributed by atoms with Crippen LogP contribution in [-0.4, -0.2) is 67.0 Å². The van der Waals surface area contributed by atoms with Gasteiger partial charge in [-0.25, -0.2) is 4.39 Å². The van der Waals surface area contributed by atoms with Crippen molar-refractivity contribution >= 4 is 11.8 Å². The number of amides is 2. The lowest BCUT2D eigenvalue weighted by molar-refractivity contribution is -0.133. The van der Waals surface area contributed by atoms with Gasteiger partial charge < -0.3 is 15.0 Å². The van der Waals surface area contributed by atoms with Crippen molar-refractivity contribution < 1.29 is 18.7 Å². The van der Waals surface area contributed by atoms with Gasteiger partial charge in [-0.15, -0.1) is 0 Å². The monoisotopic (exact) mass is 405 g/mol. The van der Waals surface area contributed by atoms with Gasteiger partial charge in [-0.05, 0) is 43.9 Å². The number of methoxy groups -OCH3 is 1. The molecule has 0 bridgehead atoms. The van der Waals surface area contributed by atoms with Crippen LogP contribution in [0.1, 0.15) is 44.6 Å². The van der Waals surface area contributed by atoms with E-state index in [2.05, 4.69) is 17.1 Å². The molecule has 2 aliphatic rings. The molecule has 2 fully saturated rings. The molecule has 160 valence electrons. The van der Waals surface area contributed by atoms with E-state index < -0.39 is 5.54 Å². The van der Waals surface area contributed by atoms with Crippen molar-refractivity contribution in [2.45, 2.75) is 51.0 Å². The molecule has 2 saturated heterocycles. The van der Waals surface area contributed by atoms with Crippen molar-refractivity contribution in [1.82, 2.24) is 15.1 Å². The molecule has 0 spiro atoms. The van der Waals surface area contributed by atoms with E-state index in [0.717, 1.165) is 39.1 Å². The summed E-state index contributed by atoms with van der Waals surface area (Å²) in [6, 6.07) is 4.79. The molecule has 0 aromatic heterocycles. The van der Waals surface area contributed by atoms with E-state index in [-0.39, 0.29) is 17.6 Å². The van der Waals surface area contributed by atoms with E-state index in [1.807, 2.05) is 4.90 Å². The largest absolute Gasteiger partial charge is 0.497 e. The fourth-order valence-electron chi connectivity index (χ4n) is 4.39. The van der Waals surface area contributed by atoms with Gasteiger partial charge in [0.05, 0.1) is 7.11 Å². The predicted octanol–water partition coefficient (Wildman–Crippen LogP) is 2.36. The maximum atomic E-state index is 14.5. The Bertz CT molecular complexity index is 734. The second kappa shape index (κ2) is 9.57. The van der Waals surface area contributed by atoms with Crippen LogP contribution in [0.2, 0.25) is 0 Å². The van der Waals surface area contributed by atoms with Crippen molar-refractivity contribution in [2.24, 2.45) is 0 Å². The third kappa shape index (κ3) is 5.47. The number of carbonyl (C=O) groups is 2. The van der Waals surface area contributed by atoms with Crippen LogP contribution in [0.25, 0.3) is 0 Å². The van der Waals surface area contributed by atoms with Gasteiger partial charge in [-0.1, -0.05) is 13.0 Å². The van der Waals surface area contributed by atoms with Crippen LogP contribution in [0.15, 0.2) is 18.2 Å². The van der Waals surface area contributed by atoms with Crippen LogP contribution in [0.3, 0.4) is 0 Å². The fourth-order valence-corrected chi connectivity index (χ4v) is 4.39.